The molecular weight excluding hydrogens is 500 g/mol. The molecule has 1 aromatic heterocycles. The van der Waals surface area contributed by atoms with Gasteiger partial charge in [0.25, 0.3) is 5.91 Å². The molecule has 1 N–H and O–H groups in total. The molecule has 1 aliphatic heterocycles. The van der Waals surface area contributed by atoms with Crippen LogP contribution in [0.25, 0.3) is 5.69 Å². The van der Waals surface area contributed by atoms with Crippen LogP contribution in [0, 0.1) is 12.8 Å². The molecule has 1 aliphatic carbocycles. The van der Waals surface area contributed by atoms with Crippen LogP contribution in [0.4, 0.5) is 0 Å². The van der Waals surface area contributed by atoms with E-state index in [1.807, 2.05) is 24.4 Å². The Morgan fingerprint density at radius 2 is 1.76 bits per heavy atom. The predicted octanol–water partition coefficient (Wildman–Crippen LogP) is 3.51. The smallest absolute Gasteiger partial charge is 0.251 e. The van der Waals surface area contributed by atoms with E-state index in [2.05, 4.69) is 41.6 Å². The average molecular weight is 535 g/mol. The normalized spacial score (nSPS) is 21.0. The first kappa shape index (κ1) is 26.2. The van der Waals surface area contributed by atoms with Gasteiger partial charge < -0.3 is 10.2 Å². The van der Waals surface area contributed by atoms with Crippen molar-refractivity contribution in [2.45, 2.75) is 44.6 Å². The Labute approximate surface area is 224 Å². The van der Waals surface area contributed by atoms with Crippen LogP contribution >= 0.6 is 0 Å². The lowest BCUT2D eigenvalue weighted by atomic mass is 10.0. The molecule has 2 fully saturated rings. The van der Waals surface area contributed by atoms with E-state index in [0.717, 1.165) is 24.9 Å². The zero-order valence-corrected chi connectivity index (χ0v) is 22.4. The van der Waals surface area contributed by atoms with Crippen LogP contribution in [0.15, 0.2) is 67.0 Å². The third-order valence-corrected chi connectivity index (χ3v) is 9.26. The zero-order chi connectivity index (χ0) is 26.7. The van der Waals surface area contributed by atoms with Gasteiger partial charge in [0.05, 0.1) is 17.2 Å². The fourth-order valence-electron chi connectivity index (χ4n) is 5.21. The van der Waals surface area contributed by atoms with Gasteiger partial charge in [-0.25, -0.2) is 13.1 Å². The van der Waals surface area contributed by atoms with Crippen molar-refractivity contribution in [3.05, 3.63) is 83.7 Å². The Bertz CT molecular complexity index is 1350. The summed E-state index contributed by atoms with van der Waals surface area (Å²) in [6, 6.07) is 16.9. The SMILES string of the molecule is Cc1ccc([C@@H]2C[C@H]2CCC[C@H](NC(=O)c2ccc(-n3cccn3)cc2)C(=O)N2CCS(=O)(=O)CC2)cc1. The molecule has 0 unspecified atom stereocenters. The molecule has 2 aliphatic rings. The second-order valence-electron chi connectivity index (χ2n) is 10.4. The molecule has 1 saturated heterocycles. The summed E-state index contributed by atoms with van der Waals surface area (Å²) >= 11 is 0. The maximum atomic E-state index is 13.4. The van der Waals surface area contributed by atoms with E-state index >= 15 is 0 Å². The number of nitrogens with one attached hydrogen (secondary N) is 1. The van der Waals surface area contributed by atoms with E-state index in [4.69, 9.17) is 0 Å². The third-order valence-electron chi connectivity index (χ3n) is 7.65. The molecule has 3 aromatic rings. The van der Waals surface area contributed by atoms with Crippen molar-refractivity contribution in [2.24, 2.45) is 5.92 Å². The Hall–Kier alpha value is -3.46. The van der Waals surface area contributed by atoms with E-state index in [0.29, 0.717) is 23.8 Å². The number of rotatable bonds is 9. The lowest BCUT2D eigenvalue weighted by molar-refractivity contribution is -0.133. The largest absolute Gasteiger partial charge is 0.340 e. The second kappa shape index (κ2) is 11.1. The standard InChI is InChI=1S/C29H34N4O4S/c1-21-6-8-22(9-7-21)26-20-24(26)4-2-5-27(29(35)32-16-18-38(36,37)19-17-32)31-28(34)23-10-12-25(13-11-23)33-15-3-14-30-33/h3,6-15,24,26-27H,2,4-5,16-20H2,1H3,(H,31,34)/t24-,26+,27+/m1/s1. The highest BCUT2D eigenvalue weighted by Gasteiger charge is 2.38. The molecular formula is C29H34N4O4S. The molecule has 1 saturated carbocycles. The second-order valence-corrected chi connectivity index (χ2v) is 12.7. The molecule has 2 aromatic carbocycles. The summed E-state index contributed by atoms with van der Waals surface area (Å²) < 4.78 is 25.4. The van der Waals surface area contributed by atoms with Crippen LogP contribution in [-0.4, -0.2) is 65.5 Å². The lowest BCUT2D eigenvalue weighted by Crippen LogP contribution is -2.52. The Kier molecular flexibility index (Phi) is 7.65. The van der Waals surface area contributed by atoms with Gasteiger partial charge in [0.1, 0.15) is 6.04 Å². The van der Waals surface area contributed by atoms with E-state index in [-0.39, 0.29) is 36.4 Å². The van der Waals surface area contributed by atoms with Crippen LogP contribution in [0.2, 0.25) is 0 Å². The van der Waals surface area contributed by atoms with Gasteiger partial charge in [-0.1, -0.05) is 36.2 Å². The summed E-state index contributed by atoms with van der Waals surface area (Å²) in [7, 11) is -3.11. The van der Waals surface area contributed by atoms with Crippen molar-refractivity contribution >= 4 is 21.7 Å². The van der Waals surface area contributed by atoms with Crippen molar-refractivity contribution in [2.75, 3.05) is 24.6 Å². The molecule has 9 heteroatoms. The maximum absolute atomic E-state index is 13.4. The quantitative estimate of drug-likeness (QED) is 0.453. The summed E-state index contributed by atoms with van der Waals surface area (Å²) in [6.45, 7) is 2.43. The molecule has 200 valence electrons. The fraction of sp³-hybridized carbons (Fsp3) is 0.414. The molecule has 0 spiro atoms. The van der Waals surface area contributed by atoms with Gasteiger partial charge in [0.15, 0.2) is 9.84 Å². The number of amides is 2. The molecule has 3 atom stereocenters. The summed E-state index contributed by atoms with van der Waals surface area (Å²) in [5, 5.41) is 7.15. The van der Waals surface area contributed by atoms with Crippen molar-refractivity contribution in [3.63, 3.8) is 0 Å². The molecule has 0 bridgehead atoms. The van der Waals surface area contributed by atoms with Gasteiger partial charge in [-0.05, 0) is 73.9 Å². The number of carbonyl (C=O) groups excluding carboxylic acids is 2. The number of aromatic nitrogens is 2. The molecule has 2 amide bonds. The molecule has 2 heterocycles. The average Bonchev–Trinajstić information content (AvgIpc) is 3.46. The van der Waals surface area contributed by atoms with E-state index in [1.165, 1.54) is 11.1 Å². The van der Waals surface area contributed by atoms with Gasteiger partial charge in [-0.3, -0.25) is 9.59 Å². The third kappa shape index (κ3) is 6.32. The minimum absolute atomic E-state index is 0.0331. The summed E-state index contributed by atoms with van der Waals surface area (Å²) in [4.78, 5) is 28.1. The van der Waals surface area contributed by atoms with E-state index < -0.39 is 15.9 Å². The Morgan fingerprint density at radius 3 is 2.42 bits per heavy atom. The first-order valence-electron chi connectivity index (χ1n) is 13.3. The number of nitrogens with zero attached hydrogens (tertiary/aromatic N) is 3. The fourth-order valence-corrected chi connectivity index (χ4v) is 6.41. The number of hydrogen-bond acceptors (Lipinski definition) is 5. The number of aryl methyl sites for hydroxylation is 1. The number of benzene rings is 2. The highest BCUT2D eigenvalue weighted by molar-refractivity contribution is 7.91. The van der Waals surface area contributed by atoms with Crippen molar-refractivity contribution in [1.29, 1.82) is 0 Å². The zero-order valence-electron chi connectivity index (χ0n) is 21.6. The number of hydrogen-bond donors (Lipinski definition) is 1. The predicted molar refractivity (Wildman–Crippen MR) is 146 cm³/mol. The van der Waals surface area contributed by atoms with Crippen molar-refractivity contribution < 1.29 is 18.0 Å². The molecule has 5 rings (SSSR count). The first-order chi connectivity index (χ1) is 18.3. The minimum Gasteiger partial charge on any atom is -0.340 e. The topological polar surface area (TPSA) is 101 Å². The van der Waals surface area contributed by atoms with Crippen LogP contribution in [-0.2, 0) is 14.6 Å². The maximum Gasteiger partial charge on any atom is 0.251 e. The Morgan fingerprint density at radius 1 is 1.05 bits per heavy atom. The van der Waals surface area contributed by atoms with E-state index in [1.54, 1.807) is 27.9 Å². The Balaban J connectivity index is 1.21. The highest BCUT2D eigenvalue weighted by atomic mass is 32.2. The molecule has 0 radical (unpaired) electrons. The van der Waals surface area contributed by atoms with E-state index in [9.17, 15) is 18.0 Å². The van der Waals surface area contributed by atoms with Crippen LogP contribution in [0.3, 0.4) is 0 Å². The van der Waals surface area contributed by atoms with Crippen LogP contribution in [0.1, 0.15) is 53.1 Å². The van der Waals surface area contributed by atoms with Crippen molar-refractivity contribution in [1.82, 2.24) is 20.0 Å². The van der Waals surface area contributed by atoms with Gasteiger partial charge in [-0.2, -0.15) is 5.10 Å². The van der Waals surface area contributed by atoms with Gasteiger partial charge >= 0.3 is 0 Å². The van der Waals surface area contributed by atoms with Crippen LogP contribution in [0.5, 0.6) is 0 Å². The monoisotopic (exact) mass is 534 g/mol. The molecule has 8 nitrogen and oxygen atoms in total. The highest BCUT2D eigenvalue weighted by Crippen LogP contribution is 2.50. The summed E-state index contributed by atoms with van der Waals surface area (Å²) in [6.07, 6.45) is 7.00. The van der Waals surface area contributed by atoms with Crippen molar-refractivity contribution in [3.8, 4) is 5.69 Å². The summed E-state index contributed by atoms with van der Waals surface area (Å²) in [5.41, 5.74) is 3.92. The van der Waals surface area contributed by atoms with Crippen LogP contribution < -0.4 is 5.32 Å². The minimum atomic E-state index is -3.11. The van der Waals surface area contributed by atoms with Gasteiger partial charge in [-0.15, -0.1) is 0 Å². The lowest BCUT2D eigenvalue weighted by Gasteiger charge is -2.30. The number of carbonyl (C=O) groups is 2. The number of sulfone groups is 1. The molecule has 38 heavy (non-hydrogen) atoms. The summed E-state index contributed by atoms with van der Waals surface area (Å²) in [5.74, 6) is 0.582. The van der Waals surface area contributed by atoms with Gasteiger partial charge in [0, 0.05) is 31.0 Å². The van der Waals surface area contributed by atoms with Gasteiger partial charge in [0.2, 0.25) is 5.91 Å². The first-order valence-corrected chi connectivity index (χ1v) is 15.1.